The molecule has 1 heterocycles. The third-order valence-corrected chi connectivity index (χ3v) is 6.18. The number of esters is 1. The first-order valence-electron chi connectivity index (χ1n) is 9.38. The molecule has 2 saturated carbocycles. The Bertz CT molecular complexity index is 691. The highest BCUT2D eigenvalue weighted by Crippen LogP contribution is 2.39. The minimum Gasteiger partial charge on any atom is -0.465 e. The van der Waals surface area contributed by atoms with E-state index < -0.39 is 5.97 Å². The summed E-state index contributed by atoms with van der Waals surface area (Å²) in [4.78, 5) is 33.6. The standard InChI is InChI=1S/C19H27N3O3S/c1-11-6-4-5-7-14(11)21-15(23)10-26-18-16(19(24)25-3)12(2)20-17(22-18)13-8-9-13/h11,13-14H,4-10H2,1-3H3,(H,21,23)/t11-,14-/m1/s1. The van der Waals surface area contributed by atoms with Crippen LogP contribution in [0.2, 0.25) is 0 Å². The number of ether oxygens (including phenoxy) is 1. The van der Waals surface area contributed by atoms with Gasteiger partial charge in [0, 0.05) is 12.0 Å². The van der Waals surface area contributed by atoms with E-state index in [1.54, 1.807) is 6.92 Å². The molecule has 0 unspecified atom stereocenters. The van der Waals surface area contributed by atoms with E-state index in [1.165, 1.54) is 38.1 Å². The normalized spacial score (nSPS) is 22.7. The molecule has 6 nitrogen and oxygen atoms in total. The maximum absolute atomic E-state index is 12.4. The Hall–Kier alpha value is -1.63. The van der Waals surface area contributed by atoms with Gasteiger partial charge in [0.1, 0.15) is 16.4 Å². The number of amides is 1. The lowest BCUT2D eigenvalue weighted by Gasteiger charge is -2.29. The van der Waals surface area contributed by atoms with Crippen LogP contribution in [0.25, 0.3) is 0 Å². The zero-order chi connectivity index (χ0) is 18.7. The van der Waals surface area contributed by atoms with Crippen LogP contribution >= 0.6 is 11.8 Å². The Balaban J connectivity index is 1.69. The highest BCUT2D eigenvalue weighted by Gasteiger charge is 2.30. The number of carbonyl (C=O) groups excluding carboxylic acids is 2. The number of aromatic nitrogens is 2. The molecule has 0 aliphatic heterocycles. The summed E-state index contributed by atoms with van der Waals surface area (Å²) in [7, 11) is 1.35. The number of carbonyl (C=O) groups is 2. The SMILES string of the molecule is COC(=O)c1c(C)nc(C2CC2)nc1SCC(=O)N[C@@H]1CCCC[C@H]1C. The summed E-state index contributed by atoms with van der Waals surface area (Å²) >= 11 is 1.30. The van der Waals surface area contributed by atoms with Gasteiger partial charge in [0.25, 0.3) is 0 Å². The van der Waals surface area contributed by atoms with E-state index in [2.05, 4.69) is 22.2 Å². The second kappa shape index (κ2) is 8.37. The minimum absolute atomic E-state index is 0.00574. The maximum Gasteiger partial charge on any atom is 0.342 e. The van der Waals surface area contributed by atoms with Gasteiger partial charge < -0.3 is 10.1 Å². The molecule has 1 aromatic rings. The number of methoxy groups -OCH3 is 1. The lowest BCUT2D eigenvalue weighted by molar-refractivity contribution is -0.119. The Labute approximate surface area is 158 Å². The molecule has 3 rings (SSSR count). The van der Waals surface area contributed by atoms with Gasteiger partial charge in [-0.1, -0.05) is 31.5 Å². The summed E-state index contributed by atoms with van der Waals surface area (Å²) in [6.07, 6.45) is 6.80. The first kappa shape index (κ1) is 19.1. The van der Waals surface area contributed by atoms with Gasteiger partial charge in [-0.05, 0) is 38.5 Å². The van der Waals surface area contributed by atoms with E-state index in [9.17, 15) is 9.59 Å². The average Bonchev–Trinajstić information content (AvgIpc) is 3.46. The molecule has 1 amide bonds. The Kier molecular flexibility index (Phi) is 6.16. The predicted molar refractivity (Wildman–Crippen MR) is 100 cm³/mol. The van der Waals surface area contributed by atoms with Gasteiger partial charge in [0.15, 0.2) is 0 Å². The molecule has 142 valence electrons. The molecule has 26 heavy (non-hydrogen) atoms. The van der Waals surface area contributed by atoms with E-state index in [4.69, 9.17) is 4.74 Å². The summed E-state index contributed by atoms with van der Waals surface area (Å²) in [5, 5.41) is 3.70. The number of hydrogen-bond donors (Lipinski definition) is 1. The van der Waals surface area contributed by atoms with Gasteiger partial charge in [-0.15, -0.1) is 0 Å². The topological polar surface area (TPSA) is 81.2 Å². The van der Waals surface area contributed by atoms with Gasteiger partial charge in [-0.2, -0.15) is 0 Å². The smallest absolute Gasteiger partial charge is 0.342 e. The fraction of sp³-hybridized carbons (Fsp3) is 0.684. The van der Waals surface area contributed by atoms with E-state index in [0.717, 1.165) is 25.1 Å². The highest BCUT2D eigenvalue weighted by molar-refractivity contribution is 8.00. The van der Waals surface area contributed by atoms with Crippen LogP contribution in [-0.2, 0) is 9.53 Å². The molecular formula is C19H27N3O3S. The van der Waals surface area contributed by atoms with Crippen LogP contribution in [-0.4, -0.2) is 40.7 Å². The van der Waals surface area contributed by atoms with Gasteiger partial charge in [-0.25, -0.2) is 14.8 Å². The number of rotatable bonds is 6. The summed E-state index contributed by atoms with van der Waals surface area (Å²) < 4.78 is 4.88. The number of thioether (sulfide) groups is 1. The minimum atomic E-state index is -0.450. The number of nitrogens with zero attached hydrogens (tertiary/aromatic N) is 2. The number of hydrogen-bond acceptors (Lipinski definition) is 6. The van der Waals surface area contributed by atoms with Crippen molar-refractivity contribution in [3.63, 3.8) is 0 Å². The molecule has 1 aromatic heterocycles. The third kappa shape index (κ3) is 4.55. The van der Waals surface area contributed by atoms with E-state index in [0.29, 0.717) is 28.1 Å². The highest BCUT2D eigenvalue weighted by atomic mass is 32.2. The van der Waals surface area contributed by atoms with Crippen molar-refractivity contribution in [3.05, 3.63) is 17.1 Å². The molecule has 7 heteroatoms. The first-order valence-corrected chi connectivity index (χ1v) is 10.4. The van der Waals surface area contributed by atoms with Crippen LogP contribution in [0.5, 0.6) is 0 Å². The molecule has 2 aliphatic carbocycles. The van der Waals surface area contributed by atoms with E-state index in [1.807, 2.05) is 0 Å². The van der Waals surface area contributed by atoms with Crippen molar-refractivity contribution < 1.29 is 14.3 Å². The van der Waals surface area contributed by atoms with Gasteiger partial charge in [0.05, 0.1) is 18.6 Å². The summed E-state index contributed by atoms with van der Waals surface area (Å²) in [6, 6.07) is 0.256. The molecule has 0 spiro atoms. The molecule has 0 aromatic carbocycles. The maximum atomic E-state index is 12.4. The zero-order valence-electron chi connectivity index (χ0n) is 15.7. The molecule has 1 N–H and O–H groups in total. The van der Waals surface area contributed by atoms with Crippen molar-refractivity contribution in [2.75, 3.05) is 12.9 Å². The fourth-order valence-electron chi connectivity index (χ4n) is 3.45. The van der Waals surface area contributed by atoms with Crippen molar-refractivity contribution >= 4 is 23.6 Å². The number of aryl methyl sites for hydroxylation is 1. The summed E-state index contributed by atoms with van der Waals surface area (Å²) in [6.45, 7) is 4.00. The predicted octanol–water partition coefficient (Wildman–Crippen LogP) is 3.24. The van der Waals surface area contributed by atoms with E-state index in [-0.39, 0.29) is 17.7 Å². The second-order valence-corrected chi connectivity index (χ2v) is 8.30. The van der Waals surface area contributed by atoms with Crippen LogP contribution in [0, 0.1) is 12.8 Å². The van der Waals surface area contributed by atoms with Crippen LogP contribution in [0.15, 0.2) is 5.03 Å². The Morgan fingerprint density at radius 3 is 2.58 bits per heavy atom. The first-order chi connectivity index (χ1) is 12.5. The molecule has 2 aliphatic rings. The fourth-order valence-corrected chi connectivity index (χ4v) is 4.33. The lowest BCUT2D eigenvalue weighted by Crippen LogP contribution is -2.41. The van der Waals surface area contributed by atoms with Crippen molar-refractivity contribution in [2.45, 2.75) is 69.4 Å². The largest absolute Gasteiger partial charge is 0.465 e. The van der Waals surface area contributed by atoms with Crippen LogP contribution < -0.4 is 5.32 Å². The molecule has 2 atom stereocenters. The van der Waals surface area contributed by atoms with E-state index >= 15 is 0 Å². The lowest BCUT2D eigenvalue weighted by atomic mass is 9.86. The van der Waals surface area contributed by atoms with Gasteiger partial charge >= 0.3 is 5.97 Å². The average molecular weight is 378 g/mol. The number of nitrogens with one attached hydrogen (secondary N) is 1. The van der Waals surface area contributed by atoms with Gasteiger partial charge in [-0.3, -0.25) is 4.79 Å². The molecule has 2 fully saturated rings. The quantitative estimate of drug-likeness (QED) is 0.466. The molecule has 0 saturated heterocycles. The van der Waals surface area contributed by atoms with Crippen LogP contribution in [0.3, 0.4) is 0 Å². The molecule has 0 bridgehead atoms. The van der Waals surface area contributed by atoms with Crippen molar-refractivity contribution in [1.82, 2.24) is 15.3 Å². The van der Waals surface area contributed by atoms with Crippen molar-refractivity contribution in [2.24, 2.45) is 5.92 Å². The van der Waals surface area contributed by atoms with Crippen molar-refractivity contribution in [3.8, 4) is 0 Å². The monoisotopic (exact) mass is 377 g/mol. The third-order valence-electron chi connectivity index (χ3n) is 5.20. The molecular weight excluding hydrogens is 350 g/mol. The zero-order valence-corrected chi connectivity index (χ0v) is 16.5. The van der Waals surface area contributed by atoms with Crippen LogP contribution in [0.4, 0.5) is 0 Å². The second-order valence-electron chi connectivity index (χ2n) is 7.34. The van der Waals surface area contributed by atoms with Crippen LogP contribution in [0.1, 0.15) is 73.2 Å². The summed E-state index contributed by atoms with van der Waals surface area (Å²) in [5.41, 5.74) is 0.998. The van der Waals surface area contributed by atoms with Crippen molar-refractivity contribution in [1.29, 1.82) is 0 Å². The Morgan fingerprint density at radius 2 is 1.92 bits per heavy atom. The van der Waals surface area contributed by atoms with Gasteiger partial charge in [0.2, 0.25) is 5.91 Å². The molecule has 0 radical (unpaired) electrons. The summed E-state index contributed by atoms with van der Waals surface area (Å²) in [5.74, 6) is 1.47. The Morgan fingerprint density at radius 1 is 1.19 bits per heavy atom.